The molecule has 0 spiro atoms. The molecule has 0 aromatic heterocycles. The second kappa shape index (κ2) is 5.28. The van der Waals surface area contributed by atoms with Crippen LogP contribution in [0.2, 0.25) is 0 Å². The number of cyclic esters (lactones) is 1. The summed E-state index contributed by atoms with van der Waals surface area (Å²) in [6.07, 6.45) is 10.2. The zero-order chi connectivity index (χ0) is 15.2. The highest BCUT2D eigenvalue weighted by Gasteiger charge is 2.61. The molecule has 1 unspecified atom stereocenters. The summed E-state index contributed by atoms with van der Waals surface area (Å²) < 4.78 is 5.61. The third-order valence-corrected chi connectivity index (χ3v) is 5.95. The summed E-state index contributed by atoms with van der Waals surface area (Å²) in [5.41, 5.74) is -0.465. The van der Waals surface area contributed by atoms with E-state index in [0.29, 0.717) is 11.8 Å². The molecule has 0 aromatic rings. The fraction of sp³-hybridized carbons (Fsp3) is 0.722. The molecule has 0 radical (unpaired) electrons. The van der Waals surface area contributed by atoms with E-state index in [9.17, 15) is 9.90 Å². The Kier molecular flexibility index (Phi) is 3.73. The Labute approximate surface area is 127 Å². The summed E-state index contributed by atoms with van der Waals surface area (Å²) in [6, 6.07) is 0. The molecule has 2 aliphatic carbocycles. The molecule has 1 saturated carbocycles. The highest BCUT2D eigenvalue weighted by Crippen LogP contribution is 2.56. The standard InChI is InChI=1S/C18H26O3/c1-4-5-15(19)16-14-9-7-12-10-11(2)6-8-13(12)18(14,3)17(20)21-16/h4-5,7,9,11-16,19H,6,8,10H2,1-3H3/b5-4+/t11-,12-,13-,14+,15?,16-,18+/m1/s1. The minimum absolute atomic E-state index is 0.00847. The van der Waals surface area contributed by atoms with Gasteiger partial charge in [0.1, 0.15) is 12.2 Å². The van der Waals surface area contributed by atoms with Crippen LogP contribution in [-0.2, 0) is 9.53 Å². The van der Waals surface area contributed by atoms with Crippen molar-refractivity contribution in [1.82, 2.24) is 0 Å². The SMILES string of the molecule is C/C=C/C(O)[C@@H]1OC(=O)[C@@]2(C)[C@@H]3CC[C@@H](C)C[C@H]3C=C[C@@H]12. The Morgan fingerprint density at radius 3 is 2.90 bits per heavy atom. The average Bonchev–Trinajstić information content (AvgIpc) is 2.71. The number of aliphatic hydroxyl groups is 1. The maximum atomic E-state index is 12.6. The van der Waals surface area contributed by atoms with Gasteiger partial charge in [-0.1, -0.05) is 37.6 Å². The van der Waals surface area contributed by atoms with Crippen LogP contribution < -0.4 is 0 Å². The summed E-state index contributed by atoms with van der Waals surface area (Å²) in [5.74, 6) is 1.46. The molecule has 0 bridgehead atoms. The lowest BCUT2D eigenvalue weighted by molar-refractivity contribution is -0.153. The van der Waals surface area contributed by atoms with E-state index in [1.165, 1.54) is 12.8 Å². The maximum Gasteiger partial charge on any atom is 0.313 e. The molecule has 3 nitrogen and oxygen atoms in total. The van der Waals surface area contributed by atoms with Crippen LogP contribution in [0, 0.1) is 29.1 Å². The van der Waals surface area contributed by atoms with Crippen molar-refractivity contribution in [2.75, 3.05) is 0 Å². The predicted molar refractivity (Wildman–Crippen MR) is 81.4 cm³/mol. The number of carbonyl (C=O) groups excluding carboxylic acids is 1. The van der Waals surface area contributed by atoms with E-state index in [1.54, 1.807) is 6.08 Å². The fourth-order valence-corrected chi connectivity index (χ4v) is 4.74. The molecular formula is C18H26O3. The lowest BCUT2D eigenvalue weighted by atomic mass is 9.55. The lowest BCUT2D eigenvalue weighted by Crippen LogP contribution is -2.47. The predicted octanol–water partition coefficient (Wildman–Crippen LogP) is 3.09. The van der Waals surface area contributed by atoms with Gasteiger partial charge in [-0.25, -0.2) is 0 Å². The van der Waals surface area contributed by atoms with Crippen LogP contribution in [0.15, 0.2) is 24.3 Å². The lowest BCUT2D eigenvalue weighted by Gasteiger charge is -2.46. The summed E-state index contributed by atoms with van der Waals surface area (Å²) in [4.78, 5) is 12.6. The molecule has 1 aliphatic heterocycles. The van der Waals surface area contributed by atoms with Gasteiger partial charge in [0.15, 0.2) is 0 Å². The third kappa shape index (κ3) is 2.17. The van der Waals surface area contributed by atoms with Crippen LogP contribution in [0.25, 0.3) is 0 Å². The van der Waals surface area contributed by atoms with Crippen molar-refractivity contribution < 1.29 is 14.6 Å². The molecule has 116 valence electrons. The average molecular weight is 290 g/mol. The molecule has 7 atom stereocenters. The molecule has 3 heteroatoms. The van der Waals surface area contributed by atoms with Gasteiger partial charge in [0.2, 0.25) is 0 Å². The van der Waals surface area contributed by atoms with Gasteiger partial charge in [0.25, 0.3) is 0 Å². The summed E-state index contributed by atoms with van der Waals surface area (Å²) in [5, 5.41) is 10.3. The van der Waals surface area contributed by atoms with Crippen molar-refractivity contribution >= 4 is 5.97 Å². The van der Waals surface area contributed by atoms with Crippen molar-refractivity contribution in [3.8, 4) is 0 Å². The number of ether oxygens (including phenoxy) is 1. The summed E-state index contributed by atoms with van der Waals surface area (Å²) >= 11 is 0. The Balaban J connectivity index is 1.93. The first kappa shape index (κ1) is 14.8. The number of aliphatic hydroxyl groups excluding tert-OH is 1. The number of allylic oxidation sites excluding steroid dienone is 2. The van der Waals surface area contributed by atoms with Crippen LogP contribution in [0.1, 0.15) is 40.0 Å². The van der Waals surface area contributed by atoms with Gasteiger partial charge in [-0.3, -0.25) is 4.79 Å². The van der Waals surface area contributed by atoms with E-state index in [1.807, 2.05) is 13.0 Å². The number of carbonyl (C=O) groups is 1. The first-order valence-corrected chi connectivity index (χ1v) is 8.18. The number of esters is 1. The van der Waals surface area contributed by atoms with Crippen LogP contribution in [-0.4, -0.2) is 23.3 Å². The first-order valence-electron chi connectivity index (χ1n) is 8.18. The van der Waals surface area contributed by atoms with Crippen molar-refractivity contribution in [2.45, 2.75) is 52.2 Å². The Hall–Kier alpha value is -1.09. The second-order valence-electron chi connectivity index (χ2n) is 7.27. The molecule has 1 heterocycles. The van der Waals surface area contributed by atoms with E-state index in [-0.39, 0.29) is 11.9 Å². The first-order chi connectivity index (χ1) is 9.98. The zero-order valence-corrected chi connectivity index (χ0v) is 13.2. The van der Waals surface area contributed by atoms with Crippen molar-refractivity contribution in [3.05, 3.63) is 24.3 Å². The normalized spacial score (nSPS) is 47.0. The van der Waals surface area contributed by atoms with Gasteiger partial charge in [-0.05, 0) is 44.4 Å². The fourth-order valence-electron chi connectivity index (χ4n) is 4.74. The Morgan fingerprint density at radius 2 is 2.19 bits per heavy atom. The van der Waals surface area contributed by atoms with E-state index < -0.39 is 17.6 Å². The van der Waals surface area contributed by atoms with Gasteiger partial charge < -0.3 is 9.84 Å². The molecule has 3 rings (SSSR count). The van der Waals surface area contributed by atoms with E-state index >= 15 is 0 Å². The second-order valence-corrected chi connectivity index (χ2v) is 7.27. The Morgan fingerprint density at radius 1 is 1.43 bits per heavy atom. The topological polar surface area (TPSA) is 46.5 Å². The minimum Gasteiger partial charge on any atom is -0.458 e. The van der Waals surface area contributed by atoms with Gasteiger partial charge in [0, 0.05) is 5.92 Å². The largest absolute Gasteiger partial charge is 0.458 e. The van der Waals surface area contributed by atoms with Crippen LogP contribution in [0.5, 0.6) is 0 Å². The van der Waals surface area contributed by atoms with Crippen molar-refractivity contribution in [1.29, 1.82) is 0 Å². The molecule has 21 heavy (non-hydrogen) atoms. The number of rotatable bonds is 2. The molecule has 0 aromatic carbocycles. The molecule has 2 fully saturated rings. The van der Waals surface area contributed by atoms with E-state index in [4.69, 9.17) is 4.74 Å². The van der Waals surface area contributed by atoms with Gasteiger partial charge >= 0.3 is 5.97 Å². The summed E-state index contributed by atoms with van der Waals surface area (Å²) in [6.45, 7) is 6.22. The van der Waals surface area contributed by atoms with Crippen molar-refractivity contribution in [2.24, 2.45) is 29.1 Å². The molecular weight excluding hydrogens is 264 g/mol. The highest BCUT2D eigenvalue weighted by atomic mass is 16.6. The molecule has 3 aliphatic rings. The van der Waals surface area contributed by atoms with Gasteiger partial charge in [-0.15, -0.1) is 0 Å². The highest BCUT2D eigenvalue weighted by molar-refractivity contribution is 5.81. The molecule has 0 amide bonds. The van der Waals surface area contributed by atoms with Crippen LogP contribution in [0.3, 0.4) is 0 Å². The maximum absolute atomic E-state index is 12.6. The smallest absolute Gasteiger partial charge is 0.313 e. The van der Waals surface area contributed by atoms with Crippen LogP contribution in [0.4, 0.5) is 0 Å². The van der Waals surface area contributed by atoms with Crippen LogP contribution >= 0.6 is 0 Å². The quantitative estimate of drug-likeness (QED) is 0.628. The van der Waals surface area contributed by atoms with E-state index in [0.717, 1.165) is 12.3 Å². The molecule has 1 N–H and O–H groups in total. The number of hydrogen-bond donors (Lipinski definition) is 1. The van der Waals surface area contributed by atoms with Gasteiger partial charge in [-0.2, -0.15) is 0 Å². The molecule has 1 saturated heterocycles. The number of hydrogen-bond acceptors (Lipinski definition) is 3. The number of fused-ring (bicyclic) bond motifs is 3. The summed E-state index contributed by atoms with van der Waals surface area (Å²) in [7, 11) is 0. The monoisotopic (exact) mass is 290 g/mol. The van der Waals surface area contributed by atoms with Gasteiger partial charge in [0.05, 0.1) is 5.41 Å². The van der Waals surface area contributed by atoms with Crippen molar-refractivity contribution in [3.63, 3.8) is 0 Å². The minimum atomic E-state index is -0.713. The zero-order valence-electron chi connectivity index (χ0n) is 13.2. The third-order valence-electron chi connectivity index (χ3n) is 5.95. The Bertz CT molecular complexity index is 481. The van der Waals surface area contributed by atoms with E-state index in [2.05, 4.69) is 26.0 Å².